The molecule has 4 nitrogen and oxygen atoms in total. The topological polar surface area (TPSA) is 41.9 Å². The summed E-state index contributed by atoms with van der Waals surface area (Å²) in [6.45, 7) is 6.00. The van der Waals surface area contributed by atoms with Crippen LogP contribution in [0.4, 0.5) is 4.39 Å². The molecule has 1 atom stereocenters. The number of benzene rings is 1. The van der Waals surface area contributed by atoms with Crippen molar-refractivity contribution in [2.75, 3.05) is 33.4 Å². The molecule has 0 aliphatic heterocycles. The maximum atomic E-state index is 13.7. The first-order valence-corrected chi connectivity index (χ1v) is 8.17. The first-order valence-electron chi connectivity index (χ1n) is 7.38. The van der Waals surface area contributed by atoms with E-state index in [9.17, 15) is 9.50 Å². The number of aliphatic hydroxyl groups is 1. The Morgan fingerprint density at radius 1 is 1.32 bits per heavy atom. The van der Waals surface area contributed by atoms with Gasteiger partial charge in [0.05, 0.1) is 32.0 Å². The molecule has 0 saturated carbocycles. The van der Waals surface area contributed by atoms with Crippen LogP contribution in [0.15, 0.2) is 22.7 Å². The van der Waals surface area contributed by atoms with Crippen molar-refractivity contribution in [1.29, 1.82) is 0 Å². The van der Waals surface area contributed by atoms with Crippen LogP contribution >= 0.6 is 15.9 Å². The van der Waals surface area contributed by atoms with Crippen molar-refractivity contribution < 1.29 is 19.0 Å². The highest BCUT2D eigenvalue weighted by Gasteiger charge is 2.11. The highest BCUT2D eigenvalue weighted by atomic mass is 79.9. The Morgan fingerprint density at radius 3 is 2.68 bits per heavy atom. The molecule has 1 unspecified atom stereocenters. The lowest BCUT2D eigenvalue weighted by molar-refractivity contribution is -0.0174. The van der Waals surface area contributed by atoms with E-state index < -0.39 is 6.10 Å². The average molecular weight is 378 g/mol. The van der Waals surface area contributed by atoms with Crippen molar-refractivity contribution >= 4 is 15.9 Å². The van der Waals surface area contributed by atoms with E-state index in [-0.39, 0.29) is 18.5 Å². The van der Waals surface area contributed by atoms with Gasteiger partial charge in [0, 0.05) is 23.1 Å². The predicted molar refractivity (Wildman–Crippen MR) is 88.3 cm³/mol. The van der Waals surface area contributed by atoms with Crippen LogP contribution in [0.3, 0.4) is 0 Å². The maximum absolute atomic E-state index is 13.7. The number of rotatable bonds is 10. The Balaban J connectivity index is 2.24. The molecule has 22 heavy (non-hydrogen) atoms. The van der Waals surface area contributed by atoms with Gasteiger partial charge in [-0.3, -0.25) is 4.90 Å². The Morgan fingerprint density at radius 2 is 2.05 bits per heavy atom. The standard InChI is InChI=1S/C16H25BrFNO3/c1-12(2)22-7-6-21-11-15(20)10-19(3)9-13-4-5-14(17)8-16(13)18/h4-5,8,12,15,20H,6-7,9-11H2,1-3H3. The van der Waals surface area contributed by atoms with E-state index in [1.807, 2.05) is 25.8 Å². The van der Waals surface area contributed by atoms with E-state index in [1.54, 1.807) is 12.1 Å². The van der Waals surface area contributed by atoms with Crippen LogP contribution in [0.2, 0.25) is 0 Å². The minimum atomic E-state index is -0.609. The zero-order valence-corrected chi connectivity index (χ0v) is 15.0. The summed E-state index contributed by atoms with van der Waals surface area (Å²) in [5.41, 5.74) is 0.601. The second-order valence-corrected chi connectivity index (χ2v) is 6.50. The van der Waals surface area contributed by atoms with Crippen molar-refractivity contribution in [2.45, 2.75) is 32.6 Å². The van der Waals surface area contributed by atoms with Gasteiger partial charge in [0.1, 0.15) is 5.82 Å². The van der Waals surface area contributed by atoms with Crippen molar-refractivity contribution in [3.05, 3.63) is 34.1 Å². The summed E-state index contributed by atoms with van der Waals surface area (Å²) in [6.07, 6.45) is -0.428. The smallest absolute Gasteiger partial charge is 0.128 e. The summed E-state index contributed by atoms with van der Waals surface area (Å²) >= 11 is 3.23. The molecule has 0 aliphatic carbocycles. The van der Waals surface area contributed by atoms with E-state index in [2.05, 4.69) is 15.9 Å². The highest BCUT2D eigenvalue weighted by molar-refractivity contribution is 9.10. The molecule has 1 rings (SSSR count). The first kappa shape index (κ1) is 19.5. The van der Waals surface area contributed by atoms with E-state index in [4.69, 9.17) is 9.47 Å². The van der Waals surface area contributed by atoms with Crippen molar-refractivity contribution in [3.8, 4) is 0 Å². The molecule has 0 fully saturated rings. The Labute approximate surface area is 140 Å². The molecular formula is C16H25BrFNO3. The number of ether oxygens (including phenoxy) is 2. The molecule has 0 aromatic heterocycles. The van der Waals surface area contributed by atoms with Crippen molar-refractivity contribution in [1.82, 2.24) is 4.90 Å². The van der Waals surface area contributed by atoms with Crippen LogP contribution in [0.1, 0.15) is 19.4 Å². The Kier molecular flexibility index (Phi) is 9.12. The summed E-state index contributed by atoms with van der Waals surface area (Å²) in [5, 5.41) is 9.91. The van der Waals surface area contributed by atoms with E-state index in [1.165, 1.54) is 6.07 Å². The minimum Gasteiger partial charge on any atom is -0.389 e. The van der Waals surface area contributed by atoms with Gasteiger partial charge in [0.15, 0.2) is 0 Å². The summed E-state index contributed by atoms with van der Waals surface area (Å²) < 4.78 is 25.2. The molecule has 1 aromatic carbocycles. The monoisotopic (exact) mass is 377 g/mol. The lowest BCUT2D eigenvalue weighted by atomic mass is 10.2. The van der Waals surface area contributed by atoms with Gasteiger partial charge in [-0.25, -0.2) is 4.39 Å². The number of aliphatic hydroxyl groups excluding tert-OH is 1. The van der Waals surface area contributed by atoms with Crippen LogP contribution in [0, 0.1) is 5.82 Å². The van der Waals surface area contributed by atoms with E-state index in [0.29, 0.717) is 36.3 Å². The van der Waals surface area contributed by atoms with E-state index >= 15 is 0 Å². The van der Waals surface area contributed by atoms with E-state index in [0.717, 1.165) is 0 Å². The molecule has 126 valence electrons. The summed E-state index contributed by atoms with van der Waals surface area (Å²) in [7, 11) is 1.84. The summed E-state index contributed by atoms with van der Waals surface area (Å²) in [4.78, 5) is 1.87. The van der Waals surface area contributed by atoms with Crippen molar-refractivity contribution in [2.24, 2.45) is 0 Å². The highest BCUT2D eigenvalue weighted by Crippen LogP contribution is 2.16. The minimum absolute atomic E-state index is 0.181. The fourth-order valence-electron chi connectivity index (χ4n) is 1.98. The number of hydrogen-bond donors (Lipinski definition) is 1. The zero-order chi connectivity index (χ0) is 16.5. The third kappa shape index (κ3) is 8.19. The summed E-state index contributed by atoms with van der Waals surface area (Å²) in [6, 6.07) is 4.99. The fourth-order valence-corrected chi connectivity index (χ4v) is 2.31. The maximum Gasteiger partial charge on any atom is 0.128 e. The van der Waals surface area contributed by atoms with Crippen molar-refractivity contribution in [3.63, 3.8) is 0 Å². The third-order valence-corrected chi connectivity index (χ3v) is 3.46. The van der Waals surface area contributed by atoms with Crippen LogP contribution in [0.25, 0.3) is 0 Å². The van der Waals surface area contributed by atoms with Gasteiger partial charge in [-0.1, -0.05) is 22.0 Å². The first-order chi connectivity index (χ1) is 10.4. The largest absolute Gasteiger partial charge is 0.389 e. The normalized spacial score (nSPS) is 13.1. The Hall–Kier alpha value is -0.530. The lowest BCUT2D eigenvalue weighted by Gasteiger charge is -2.21. The van der Waals surface area contributed by atoms with Gasteiger partial charge >= 0.3 is 0 Å². The molecule has 6 heteroatoms. The molecule has 0 bridgehead atoms. The molecule has 0 saturated heterocycles. The van der Waals surface area contributed by atoms with Crippen LogP contribution in [-0.4, -0.2) is 55.6 Å². The van der Waals surface area contributed by atoms with Gasteiger partial charge in [-0.05, 0) is 33.0 Å². The number of nitrogens with zero attached hydrogens (tertiary/aromatic N) is 1. The molecule has 0 spiro atoms. The number of halogens is 2. The fraction of sp³-hybridized carbons (Fsp3) is 0.625. The van der Waals surface area contributed by atoms with Crippen LogP contribution in [-0.2, 0) is 16.0 Å². The average Bonchev–Trinajstić information content (AvgIpc) is 2.41. The molecule has 1 aromatic rings. The van der Waals surface area contributed by atoms with Gasteiger partial charge < -0.3 is 14.6 Å². The van der Waals surface area contributed by atoms with Gasteiger partial charge in [0.2, 0.25) is 0 Å². The molecular weight excluding hydrogens is 353 g/mol. The molecule has 0 radical (unpaired) electrons. The number of likely N-dealkylation sites (N-methyl/N-ethyl adjacent to an activating group) is 1. The van der Waals surface area contributed by atoms with Crippen LogP contribution < -0.4 is 0 Å². The molecule has 0 amide bonds. The molecule has 0 heterocycles. The lowest BCUT2D eigenvalue weighted by Crippen LogP contribution is -2.32. The third-order valence-electron chi connectivity index (χ3n) is 2.97. The number of hydrogen-bond acceptors (Lipinski definition) is 4. The second-order valence-electron chi connectivity index (χ2n) is 5.58. The van der Waals surface area contributed by atoms with Gasteiger partial charge in [-0.2, -0.15) is 0 Å². The Bertz CT molecular complexity index is 445. The van der Waals surface area contributed by atoms with Gasteiger partial charge in [-0.15, -0.1) is 0 Å². The van der Waals surface area contributed by atoms with Gasteiger partial charge in [0.25, 0.3) is 0 Å². The SMILES string of the molecule is CC(C)OCCOCC(O)CN(C)Cc1ccc(Br)cc1F. The predicted octanol–water partition coefficient (Wildman–Crippen LogP) is 2.82. The molecule has 0 aliphatic rings. The molecule has 1 N–H and O–H groups in total. The second kappa shape index (κ2) is 10.3. The summed E-state index contributed by atoms with van der Waals surface area (Å²) in [5.74, 6) is -0.252. The quantitative estimate of drug-likeness (QED) is 0.636. The zero-order valence-electron chi connectivity index (χ0n) is 13.4. The van der Waals surface area contributed by atoms with Crippen LogP contribution in [0.5, 0.6) is 0 Å².